The third-order valence-electron chi connectivity index (χ3n) is 2.90. The van der Waals surface area contributed by atoms with Crippen LogP contribution < -0.4 is 51.4 Å². The van der Waals surface area contributed by atoms with Crippen molar-refractivity contribution < 1.29 is 61.0 Å². The minimum absolute atomic E-state index is 0. The van der Waals surface area contributed by atoms with Gasteiger partial charge in [-0.15, -0.1) is 12.2 Å². The first-order valence-corrected chi connectivity index (χ1v) is 6.79. The van der Waals surface area contributed by atoms with Gasteiger partial charge in [0.25, 0.3) is 5.69 Å². The molecule has 0 heterocycles. The Hall–Kier alpha value is 0.266. The zero-order valence-electron chi connectivity index (χ0n) is 12.7. The van der Waals surface area contributed by atoms with Crippen LogP contribution in [0.3, 0.4) is 0 Å². The first kappa shape index (κ1) is 21.3. The molecule has 0 aromatic heterocycles. The van der Waals surface area contributed by atoms with E-state index < -0.39 is 4.92 Å². The van der Waals surface area contributed by atoms with Gasteiger partial charge in [-0.1, -0.05) is 24.6 Å². The molecular weight excluding hydrogens is 321 g/mol. The number of rotatable bonds is 9. The Morgan fingerprint density at radius 3 is 2.71 bits per heavy atom. The number of nitrogens with zero attached hydrogens (tertiary/aromatic N) is 3. The molecule has 0 unspecified atom stereocenters. The van der Waals surface area contributed by atoms with Gasteiger partial charge < -0.3 is 15.0 Å². The van der Waals surface area contributed by atoms with Gasteiger partial charge in [-0.2, -0.15) is 0 Å². The van der Waals surface area contributed by atoms with Crippen molar-refractivity contribution in [3.63, 3.8) is 0 Å². The van der Waals surface area contributed by atoms with Crippen LogP contribution in [0.5, 0.6) is 0 Å². The van der Waals surface area contributed by atoms with Gasteiger partial charge in [0, 0.05) is 19.7 Å². The molecule has 0 bridgehead atoms. The number of hydrogen-bond donors (Lipinski definition) is 0. The van der Waals surface area contributed by atoms with Crippen molar-refractivity contribution in [1.29, 1.82) is 0 Å². The molecule has 0 aliphatic rings. The van der Waals surface area contributed by atoms with Crippen molar-refractivity contribution in [3.05, 3.63) is 38.7 Å². The Kier molecular flexibility index (Phi) is 11.9. The molecule has 0 aliphatic carbocycles. The van der Waals surface area contributed by atoms with E-state index in [4.69, 9.17) is 16.3 Å². The maximum Gasteiger partial charge on any atom is 1.00 e. The predicted molar refractivity (Wildman–Crippen MR) is 80.0 cm³/mol. The second kappa shape index (κ2) is 11.8. The molecule has 21 heavy (non-hydrogen) atoms. The monoisotopic (exact) mass is 339 g/mol. The van der Waals surface area contributed by atoms with E-state index in [0.717, 1.165) is 19.6 Å². The maximum absolute atomic E-state index is 10.8. The Labute approximate surface area is 172 Å². The zero-order chi connectivity index (χ0) is 15.0. The molecule has 0 amide bonds. The van der Waals surface area contributed by atoms with E-state index in [0.29, 0.717) is 18.8 Å². The minimum Gasteiger partial charge on any atom is -0.683 e. The fourth-order valence-electron chi connectivity index (χ4n) is 1.71. The van der Waals surface area contributed by atoms with Crippen LogP contribution in [0, 0.1) is 10.1 Å². The van der Waals surface area contributed by atoms with E-state index in [1.54, 1.807) is 13.2 Å². The van der Waals surface area contributed by atoms with Gasteiger partial charge in [-0.05, 0) is 19.2 Å². The second-order valence-electron chi connectivity index (χ2n) is 4.20. The molecule has 112 valence electrons. The fraction of sp³-hybridized carbons (Fsp3) is 0.538. The van der Waals surface area contributed by atoms with E-state index in [1.807, 2.05) is 0 Å². The molecule has 0 aliphatic heterocycles. The van der Waals surface area contributed by atoms with Crippen molar-refractivity contribution >= 4 is 23.0 Å². The minimum atomic E-state index is -0.502. The third kappa shape index (κ3) is 7.89. The van der Waals surface area contributed by atoms with E-state index in [-0.39, 0.29) is 62.1 Å². The fourth-order valence-corrected chi connectivity index (χ4v) is 1.89. The number of hydrogen-bond acceptors (Lipinski definition) is 4. The summed E-state index contributed by atoms with van der Waals surface area (Å²) >= 11 is 5.75. The van der Waals surface area contributed by atoms with Crippen molar-refractivity contribution in [3.8, 4) is 0 Å². The Morgan fingerprint density at radius 2 is 2.14 bits per heavy atom. The number of halogens is 1. The van der Waals surface area contributed by atoms with E-state index >= 15 is 0 Å². The van der Waals surface area contributed by atoms with Gasteiger partial charge in [0.1, 0.15) is 5.02 Å². The molecule has 0 radical (unpaired) electrons. The molecule has 1 aromatic carbocycles. The summed E-state index contributed by atoms with van der Waals surface area (Å²) in [4.78, 5) is 12.5. The van der Waals surface area contributed by atoms with Crippen molar-refractivity contribution in [2.75, 3.05) is 39.9 Å². The van der Waals surface area contributed by atoms with Crippen LogP contribution in [-0.2, 0) is 4.74 Å². The smallest absolute Gasteiger partial charge is 0.683 e. The number of nitro benzene ring substituents is 1. The molecule has 8 heteroatoms. The third-order valence-corrected chi connectivity index (χ3v) is 3.22. The normalized spacial score (nSPS) is 10.3. The number of benzene rings is 1. The van der Waals surface area contributed by atoms with E-state index in [1.165, 1.54) is 12.1 Å². The van der Waals surface area contributed by atoms with Gasteiger partial charge in [0.2, 0.25) is 0 Å². The molecule has 0 saturated heterocycles. The largest absolute Gasteiger partial charge is 1.00 e. The van der Waals surface area contributed by atoms with Gasteiger partial charge in [0.05, 0.1) is 11.5 Å². The van der Waals surface area contributed by atoms with Crippen LogP contribution in [0.15, 0.2) is 18.2 Å². The van der Waals surface area contributed by atoms with Crippen LogP contribution in [0.2, 0.25) is 5.02 Å². The summed E-state index contributed by atoms with van der Waals surface area (Å²) in [5.74, 6) is 0. The Bertz CT molecular complexity index is 449. The van der Waals surface area contributed by atoms with Crippen LogP contribution in [0.1, 0.15) is 6.92 Å². The molecule has 1 aromatic rings. The van der Waals surface area contributed by atoms with Gasteiger partial charge >= 0.3 is 51.4 Å². The van der Waals surface area contributed by atoms with Gasteiger partial charge in [-0.25, -0.2) is 0 Å². The number of methoxy groups -OCH3 is 1. The molecule has 6 nitrogen and oxygen atoms in total. The molecule has 0 saturated carbocycles. The molecule has 0 atom stereocenters. The summed E-state index contributed by atoms with van der Waals surface area (Å²) in [6.07, 6.45) is 0. The topological polar surface area (TPSA) is 69.7 Å². The molecule has 0 N–H and O–H groups in total. The van der Waals surface area contributed by atoms with Gasteiger partial charge in [0.15, 0.2) is 0 Å². The Balaban J connectivity index is 0.00000400. The first-order chi connectivity index (χ1) is 9.58. The summed E-state index contributed by atoms with van der Waals surface area (Å²) in [6.45, 7) is 5.89. The summed E-state index contributed by atoms with van der Waals surface area (Å²) in [7, 11) is 1.67. The first-order valence-electron chi connectivity index (χ1n) is 6.41. The van der Waals surface area contributed by atoms with E-state index in [9.17, 15) is 10.1 Å². The summed E-state index contributed by atoms with van der Waals surface area (Å²) in [5, 5.41) is 15.2. The van der Waals surface area contributed by atoms with Crippen molar-refractivity contribution in [2.45, 2.75) is 6.92 Å². The van der Waals surface area contributed by atoms with Crippen molar-refractivity contribution in [2.24, 2.45) is 0 Å². The number of ether oxygens (including phenoxy) is 1. The zero-order valence-corrected chi connectivity index (χ0v) is 16.6. The van der Waals surface area contributed by atoms with Crippen LogP contribution in [0.4, 0.5) is 11.4 Å². The van der Waals surface area contributed by atoms with Gasteiger partial charge in [-0.3, -0.25) is 10.1 Å². The summed E-state index contributed by atoms with van der Waals surface area (Å²) in [6, 6.07) is 4.58. The molecule has 1 rings (SSSR count). The number of nitro groups is 1. The molecule has 0 spiro atoms. The molecular formula is C13H19ClKN3O3. The quantitative estimate of drug-likeness (QED) is 0.367. The number of likely N-dealkylation sites (N-methyl/N-ethyl adjacent to an activating group) is 1. The summed E-state index contributed by atoms with van der Waals surface area (Å²) in [5.41, 5.74) is 0.462. The van der Waals surface area contributed by atoms with Crippen LogP contribution in [-0.4, -0.2) is 49.7 Å². The van der Waals surface area contributed by atoms with E-state index in [2.05, 4.69) is 17.1 Å². The predicted octanol–water partition coefficient (Wildman–Crippen LogP) is 0.226. The standard InChI is InChI=1S/C13H19ClN3O3.K/c1-3-16(8-9-20-2)7-6-15-11-4-5-12(14)13(10-11)17(18)19;/h4-5,10H,3,6-9H2,1-2H3;/q-1;+1. The maximum atomic E-state index is 10.8. The van der Waals surface area contributed by atoms with Crippen molar-refractivity contribution in [1.82, 2.24) is 4.90 Å². The van der Waals surface area contributed by atoms with Crippen LogP contribution >= 0.6 is 11.6 Å². The second-order valence-corrected chi connectivity index (χ2v) is 4.61. The average Bonchev–Trinajstić information content (AvgIpc) is 2.44. The summed E-state index contributed by atoms with van der Waals surface area (Å²) < 4.78 is 5.03. The molecule has 0 fully saturated rings. The SMILES string of the molecule is CCN(CC[N-]c1ccc(Cl)c([N+](=O)[O-])c1)CCOC.[K+]. The van der Waals surface area contributed by atoms with Crippen LogP contribution in [0.25, 0.3) is 5.32 Å². The Morgan fingerprint density at radius 1 is 1.43 bits per heavy atom. The average molecular weight is 340 g/mol.